The van der Waals surface area contributed by atoms with E-state index >= 15 is 0 Å². The van der Waals surface area contributed by atoms with Gasteiger partial charge < -0.3 is 10.1 Å². The Morgan fingerprint density at radius 1 is 1.21 bits per heavy atom. The molecule has 4 heteroatoms. The zero-order valence-electron chi connectivity index (χ0n) is 14.2. The molecule has 0 spiro atoms. The Labute approximate surface area is 148 Å². The molecule has 2 aromatic carbocycles. The number of ether oxygens (including phenoxy) is 1. The van der Waals surface area contributed by atoms with E-state index in [0.717, 1.165) is 22.1 Å². The minimum Gasteiger partial charge on any atom is -0.481 e. The van der Waals surface area contributed by atoms with Crippen molar-refractivity contribution in [1.29, 1.82) is 0 Å². The highest BCUT2D eigenvalue weighted by Crippen LogP contribution is 2.28. The van der Waals surface area contributed by atoms with Crippen LogP contribution in [0, 0.1) is 0 Å². The van der Waals surface area contributed by atoms with Crippen molar-refractivity contribution in [1.82, 2.24) is 5.32 Å². The summed E-state index contributed by atoms with van der Waals surface area (Å²) in [5.41, 5.74) is 0. The molecule has 0 saturated heterocycles. The molecule has 3 rings (SSSR count). The average molecular weight is 343 g/mol. The van der Waals surface area contributed by atoms with Gasteiger partial charge in [-0.15, -0.1) is 0 Å². The van der Waals surface area contributed by atoms with Gasteiger partial charge in [-0.05, 0) is 42.7 Å². The van der Waals surface area contributed by atoms with Crippen LogP contribution in [0.15, 0.2) is 42.5 Å². The van der Waals surface area contributed by atoms with Crippen molar-refractivity contribution in [2.24, 2.45) is 0 Å². The Hall–Kier alpha value is -1.68. The minimum absolute atomic E-state index is 0.0461. The predicted molar refractivity (Wildman–Crippen MR) is 102 cm³/mol. The predicted octanol–water partition coefficient (Wildman–Crippen LogP) is 4.40. The summed E-state index contributed by atoms with van der Waals surface area (Å²) in [6, 6.07) is 14.1. The third kappa shape index (κ3) is 4.67. The van der Waals surface area contributed by atoms with E-state index in [9.17, 15) is 4.79 Å². The summed E-state index contributed by atoms with van der Waals surface area (Å²) in [6.07, 6.45) is 4.91. The number of hydrogen-bond acceptors (Lipinski definition) is 3. The molecule has 1 saturated carbocycles. The van der Waals surface area contributed by atoms with Crippen LogP contribution >= 0.6 is 11.8 Å². The summed E-state index contributed by atoms with van der Waals surface area (Å²) in [5, 5.41) is 6.07. The zero-order valence-corrected chi connectivity index (χ0v) is 15.0. The average Bonchev–Trinajstić information content (AvgIpc) is 3.12. The summed E-state index contributed by atoms with van der Waals surface area (Å²) < 4.78 is 5.80. The first-order valence-corrected chi connectivity index (χ1v) is 9.82. The van der Waals surface area contributed by atoms with E-state index in [2.05, 4.69) is 11.4 Å². The van der Waals surface area contributed by atoms with Crippen LogP contribution in [0.1, 0.15) is 32.6 Å². The number of benzene rings is 2. The van der Waals surface area contributed by atoms with Crippen LogP contribution in [0.3, 0.4) is 0 Å². The van der Waals surface area contributed by atoms with E-state index in [-0.39, 0.29) is 5.91 Å². The molecule has 1 amide bonds. The number of amides is 1. The minimum atomic E-state index is -0.484. The molecule has 1 atom stereocenters. The molecule has 24 heavy (non-hydrogen) atoms. The van der Waals surface area contributed by atoms with Crippen LogP contribution < -0.4 is 10.1 Å². The lowest BCUT2D eigenvalue weighted by Crippen LogP contribution is -2.37. The van der Waals surface area contributed by atoms with Gasteiger partial charge in [-0.1, -0.05) is 43.2 Å². The molecule has 0 bridgehead atoms. The maximum absolute atomic E-state index is 12.2. The monoisotopic (exact) mass is 343 g/mol. The van der Waals surface area contributed by atoms with Crippen LogP contribution in [0.5, 0.6) is 5.75 Å². The van der Waals surface area contributed by atoms with Crippen LogP contribution in [0.2, 0.25) is 0 Å². The molecule has 0 aliphatic heterocycles. The second-order valence-corrected chi connectivity index (χ2v) is 7.75. The van der Waals surface area contributed by atoms with Crippen LogP contribution in [0.25, 0.3) is 10.8 Å². The molecule has 128 valence electrons. The molecule has 2 aromatic rings. The van der Waals surface area contributed by atoms with E-state index in [1.165, 1.54) is 31.1 Å². The highest BCUT2D eigenvalue weighted by Gasteiger charge is 2.16. The van der Waals surface area contributed by atoms with Gasteiger partial charge in [0.2, 0.25) is 0 Å². The first-order chi connectivity index (χ1) is 11.7. The summed E-state index contributed by atoms with van der Waals surface area (Å²) in [7, 11) is 0. The number of rotatable bonds is 7. The second-order valence-electron chi connectivity index (χ2n) is 6.34. The van der Waals surface area contributed by atoms with Crippen molar-refractivity contribution in [2.45, 2.75) is 44.0 Å². The van der Waals surface area contributed by atoms with Crippen LogP contribution in [0.4, 0.5) is 0 Å². The largest absolute Gasteiger partial charge is 0.481 e. The van der Waals surface area contributed by atoms with Gasteiger partial charge in [0.15, 0.2) is 6.10 Å². The number of fused-ring (bicyclic) bond motifs is 1. The molecule has 1 fully saturated rings. The van der Waals surface area contributed by atoms with E-state index in [1.54, 1.807) is 6.92 Å². The first-order valence-electron chi connectivity index (χ1n) is 8.77. The molecule has 0 heterocycles. The van der Waals surface area contributed by atoms with Gasteiger partial charge in [-0.3, -0.25) is 4.79 Å². The van der Waals surface area contributed by atoms with Crippen molar-refractivity contribution >= 4 is 28.4 Å². The van der Waals surface area contributed by atoms with Crippen molar-refractivity contribution < 1.29 is 9.53 Å². The molecule has 0 radical (unpaired) electrons. The number of carbonyl (C=O) groups excluding carboxylic acids is 1. The highest BCUT2D eigenvalue weighted by atomic mass is 32.2. The molecule has 0 aromatic heterocycles. The first kappa shape index (κ1) is 17.2. The fraction of sp³-hybridized carbons (Fsp3) is 0.450. The molecule has 1 N–H and O–H groups in total. The van der Waals surface area contributed by atoms with Gasteiger partial charge in [0.1, 0.15) is 5.75 Å². The Balaban J connectivity index is 1.44. The van der Waals surface area contributed by atoms with Crippen molar-refractivity contribution in [3.63, 3.8) is 0 Å². The Kier molecular flexibility index (Phi) is 6.02. The second kappa shape index (κ2) is 8.43. The zero-order chi connectivity index (χ0) is 16.8. The molecule has 0 unspecified atom stereocenters. The van der Waals surface area contributed by atoms with Gasteiger partial charge in [0.05, 0.1) is 0 Å². The maximum Gasteiger partial charge on any atom is 0.260 e. The summed E-state index contributed by atoms with van der Waals surface area (Å²) in [5.74, 6) is 1.67. The summed E-state index contributed by atoms with van der Waals surface area (Å²) in [6.45, 7) is 2.51. The maximum atomic E-state index is 12.2. The molecule has 1 aliphatic carbocycles. The molecular weight excluding hydrogens is 318 g/mol. The van der Waals surface area contributed by atoms with Crippen molar-refractivity contribution in [3.05, 3.63) is 42.5 Å². The van der Waals surface area contributed by atoms with Crippen molar-refractivity contribution in [2.75, 3.05) is 12.3 Å². The van der Waals surface area contributed by atoms with E-state index in [1.807, 2.05) is 48.2 Å². The fourth-order valence-electron chi connectivity index (χ4n) is 3.10. The number of thioether (sulfide) groups is 1. The van der Waals surface area contributed by atoms with E-state index < -0.39 is 6.10 Å². The van der Waals surface area contributed by atoms with Gasteiger partial charge in [0.25, 0.3) is 5.91 Å². The number of carbonyl (C=O) groups is 1. The molecule has 1 aliphatic rings. The third-order valence-electron chi connectivity index (χ3n) is 4.46. The summed E-state index contributed by atoms with van der Waals surface area (Å²) in [4.78, 5) is 12.2. The normalized spacial score (nSPS) is 16.2. The lowest BCUT2D eigenvalue weighted by atomic mass is 10.1. The van der Waals surface area contributed by atoms with Gasteiger partial charge in [0, 0.05) is 17.5 Å². The molecule has 3 nitrogen and oxygen atoms in total. The van der Waals surface area contributed by atoms with Crippen molar-refractivity contribution in [3.8, 4) is 5.75 Å². The lowest BCUT2D eigenvalue weighted by molar-refractivity contribution is -0.127. The lowest BCUT2D eigenvalue weighted by Gasteiger charge is -2.15. The van der Waals surface area contributed by atoms with E-state index in [0.29, 0.717) is 6.54 Å². The van der Waals surface area contributed by atoms with Gasteiger partial charge in [-0.25, -0.2) is 0 Å². The van der Waals surface area contributed by atoms with E-state index in [4.69, 9.17) is 4.74 Å². The highest BCUT2D eigenvalue weighted by molar-refractivity contribution is 7.99. The fourth-order valence-corrected chi connectivity index (χ4v) is 4.32. The van der Waals surface area contributed by atoms with Gasteiger partial charge >= 0.3 is 0 Å². The third-order valence-corrected chi connectivity index (χ3v) is 5.84. The molecular formula is C20H25NO2S. The van der Waals surface area contributed by atoms with Crippen LogP contribution in [-0.4, -0.2) is 29.6 Å². The van der Waals surface area contributed by atoms with Gasteiger partial charge in [-0.2, -0.15) is 11.8 Å². The Morgan fingerprint density at radius 3 is 2.75 bits per heavy atom. The topological polar surface area (TPSA) is 38.3 Å². The number of hydrogen-bond donors (Lipinski definition) is 1. The quantitative estimate of drug-likeness (QED) is 0.757. The Bertz CT molecular complexity index is 682. The van der Waals surface area contributed by atoms with Crippen LogP contribution in [-0.2, 0) is 4.79 Å². The SMILES string of the molecule is C[C@@H](Oc1ccc2ccccc2c1)C(=O)NCCSC1CCCC1. The smallest absolute Gasteiger partial charge is 0.260 e. The number of nitrogens with one attached hydrogen (secondary N) is 1. The standard InChI is InChI=1S/C20H25NO2S/c1-15(20(22)21-12-13-24-19-8-4-5-9-19)23-18-11-10-16-6-2-3-7-17(16)14-18/h2-3,6-7,10-11,14-15,19H,4-5,8-9,12-13H2,1H3,(H,21,22)/t15-/m1/s1. The Morgan fingerprint density at radius 2 is 1.96 bits per heavy atom. The summed E-state index contributed by atoms with van der Waals surface area (Å²) >= 11 is 1.99.